The zero-order valence-electron chi connectivity index (χ0n) is 7.41. The average molecular weight is 178 g/mol. The predicted molar refractivity (Wildman–Crippen MR) is 45.9 cm³/mol. The van der Waals surface area contributed by atoms with Crippen LogP contribution in [0.3, 0.4) is 0 Å². The molecule has 4 nitrogen and oxygen atoms in total. The maximum atomic E-state index is 11.4. The first kappa shape index (κ1) is 8.16. The Morgan fingerprint density at radius 1 is 1.46 bits per heavy atom. The molecule has 2 rings (SSSR count). The zero-order chi connectivity index (χ0) is 9.26. The highest BCUT2D eigenvalue weighted by atomic mass is 16.5. The van der Waals surface area contributed by atoms with Crippen molar-refractivity contribution >= 4 is 5.78 Å². The van der Waals surface area contributed by atoms with Gasteiger partial charge in [-0.2, -0.15) is 4.98 Å². The molecule has 0 aromatic carbocycles. The monoisotopic (exact) mass is 178 g/mol. The van der Waals surface area contributed by atoms with E-state index in [0.29, 0.717) is 18.0 Å². The van der Waals surface area contributed by atoms with Crippen LogP contribution in [-0.4, -0.2) is 22.9 Å². The van der Waals surface area contributed by atoms with E-state index in [-0.39, 0.29) is 5.78 Å². The summed E-state index contributed by atoms with van der Waals surface area (Å²) in [5.41, 5.74) is 1.48. The number of carbonyl (C=O) groups excluding carboxylic acids is 1. The van der Waals surface area contributed by atoms with Crippen molar-refractivity contribution in [2.45, 2.75) is 19.3 Å². The summed E-state index contributed by atoms with van der Waals surface area (Å²) in [5.74, 6) is 0.143. The van der Waals surface area contributed by atoms with Crippen molar-refractivity contribution in [3.63, 3.8) is 0 Å². The Morgan fingerprint density at radius 2 is 2.31 bits per heavy atom. The summed E-state index contributed by atoms with van der Waals surface area (Å²) in [4.78, 5) is 19.4. The molecule has 1 aromatic rings. The molecule has 4 heteroatoms. The molecule has 0 aliphatic heterocycles. The van der Waals surface area contributed by atoms with Gasteiger partial charge in [0.25, 0.3) is 0 Å². The third-order valence-electron chi connectivity index (χ3n) is 2.15. The average Bonchev–Trinajstić information content (AvgIpc) is 2.18. The molecule has 0 saturated carbocycles. The minimum Gasteiger partial charge on any atom is -0.467 e. The van der Waals surface area contributed by atoms with Crippen LogP contribution in [0.2, 0.25) is 0 Å². The van der Waals surface area contributed by atoms with Gasteiger partial charge in [-0.3, -0.25) is 4.79 Å². The quantitative estimate of drug-likeness (QED) is 0.643. The number of hydrogen-bond acceptors (Lipinski definition) is 4. The van der Waals surface area contributed by atoms with Crippen molar-refractivity contribution in [2.75, 3.05) is 7.11 Å². The van der Waals surface area contributed by atoms with Gasteiger partial charge in [0.05, 0.1) is 18.4 Å². The molecule has 0 unspecified atom stereocenters. The Labute approximate surface area is 76.0 Å². The summed E-state index contributed by atoms with van der Waals surface area (Å²) in [6.07, 6.45) is 3.90. The number of nitrogens with zero attached hydrogens (tertiary/aromatic N) is 2. The van der Waals surface area contributed by atoms with E-state index in [9.17, 15) is 4.79 Å². The molecule has 13 heavy (non-hydrogen) atoms. The molecule has 68 valence electrons. The number of aromatic nitrogens is 2. The molecule has 0 spiro atoms. The molecule has 0 atom stereocenters. The second-order valence-electron chi connectivity index (χ2n) is 2.99. The molecule has 0 saturated heterocycles. The fourth-order valence-electron chi connectivity index (χ4n) is 1.47. The predicted octanol–water partition coefficient (Wildman–Crippen LogP) is 1.00. The lowest BCUT2D eigenvalue weighted by Gasteiger charge is -2.12. The molecule has 0 amide bonds. The third kappa shape index (κ3) is 1.39. The van der Waals surface area contributed by atoms with Crippen LogP contribution in [0.25, 0.3) is 0 Å². The molecule has 0 radical (unpaired) electrons. The summed E-state index contributed by atoms with van der Waals surface area (Å²) >= 11 is 0. The Morgan fingerprint density at radius 3 is 3.08 bits per heavy atom. The van der Waals surface area contributed by atoms with Gasteiger partial charge in [0.15, 0.2) is 5.78 Å². The highest BCUT2D eigenvalue weighted by molar-refractivity contribution is 5.97. The first-order chi connectivity index (χ1) is 6.31. The van der Waals surface area contributed by atoms with Gasteiger partial charge < -0.3 is 4.74 Å². The summed E-state index contributed by atoms with van der Waals surface area (Å²) < 4.78 is 4.88. The van der Waals surface area contributed by atoms with Gasteiger partial charge in [0.2, 0.25) is 0 Å². The van der Waals surface area contributed by atoms with Crippen molar-refractivity contribution < 1.29 is 9.53 Å². The summed E-state index contributed by atoms with van der Waals surface area (Å²) in [5, 5.41) is 0. The van der Waals surface area contributed by atoms with Gasteiger partial charge in [-0.1, -0.05) is 0 Å². The van der Waals surface area contributed by atoms with Crippen LogP contribution in [0, 0.1) is 0 Å². The zero-order valence-corrected chi connectivity index (χ0v) is 7.41. The van der Waals surface area contributed by atoms with Crippen LogP contribution < -0.4 is 4.74 Å². The minimum absolute atomic E-state index is 0.143. The summed E-state index contributed by atoms with van der Waals surface area (Å²) in [7, 11) is 1.52. The molecular weight excluding hydrogens is 168 g/mol. The van der Waals surface area contributed by atoms with Gasteiger partial charge in [0, 0.05) is 12.6 Å². The lowest BCUT2D eigenvalue weighted by Crippen LogP contribution is -2.13. The first-order valence-corrected chi connectivity index (χ1v) is 4.24. The number of methoxy groups -OCH3 is 1. The highest BCUT2D eigenvalue weighted by Gasteiger charge is 2.19. The number of ether oxygens (including phenoxy) is 1. The number of hydrogen-bond donors (Lipinski definition) is 0. The van der Waals surface area contributed by atoms with E-state index in [1.807, 2.05) is 0 Å². The maximum absolute atomic E-state index is 11.4. The van der Waals surface area contributed by atoms with Crippen molar-refractivity contribution in [1.29, 1.82) is 0 Å². The lowest BCUT2D eigenvalue weighted by molar-refractivity contribution is 0.0971. The number of carbonyl (C=O) groups is 1. The van der Waals surface area contributed by atoms with Crippen LogP contribution in [0.1, 0.15) is 28.9 Å². The van der Waals surface area contributed by atoms with Crippen LogP contribution >= 0.6 is 0 Å². The topological polar surface area (TPSA) is 52.1 Å². The van der Waals surface area contributed by atoms with Gasteiger partial charge in [-0.15, -0.1) is 0 Å². The number of rotatable bonds is 1. The molecule has 1 aliphatic rings. The van der Waals surface area contributed by atoms with Crippen LogP contribution in [-0.2, 0) is 6.42 Å². The van der Waals surface area contributed by atoms with E-state index in [2.05, 4.69) is 9.97 Å². The number of Topliss-reactive ketones (excluding diaryl/α,β-unsaturated/α-hetero) is 1. The number of ketones is 1. The molecule has 1 aromatic heterocycles. The normalized spacial score (nSPS) is 15.3. The van der Waals surface area contributed by atoms with Crippen LogP contribution in [0.5, 0.6) is 6.01 Å². The van der Waals surface area contributed by atoms with Gasteiger partial charge in [-0.25, -0.2) is 4.98 Å². The molecule has 0 N–H and O–H groups in total. The van der Waals surface area contributed by atoms with Crippen LogP contribution in [0.4, 0.5) is 0 Å². The number of fused-ring (bicyclic) bond motifs is 1. The van der Waals surface area contributed by atoms with E-state index in [1.54, 1.807) is 6.20 Å². The fraction of sp³-hybridized carbons (Fsp3) is 0.444. The number of aryl methyl sites for hydroxylation is 1. The highest BCUT2D eigenvalue weighted by Crippen LogP contribution is 2.19. The van der Waals surface area contributed by atoms with Crippen molar-refractivity contribution in [2.24, 2.45) is 0 Å². The maximum Gasteiger partial charge on any atom is 0.316 e. The van der Waals surface area contributed by atoms with Crippen LogP contribution in [0.15, 0.2) is 6.20 Å². The fourth-order valence-corrected chi connectivity index (χ4v) is 1.47. The molecule has 1 heterocycles. The Balaban J connectivity index is 2.45. The summed E-state index contributed by atoms with van der Waals surface area (Å²) in [6, 6.07) is 0.341. The molecule has 0 fully saturated rings. The van der Waals surface area contributed by atoms with E-state index < -0.39 is 0 Å². The van der Waals surface area contributed by atoms with E-state index in [0.717, 1.165) is 18.5 Å². The van der Waals surface area contributed by atoms with Crippen molar-refractivity contribution in [1.82, 2.24) is 9.97 Å². The Hall–Kier alpha value is -1.45. The Bertz CT molecular complexity index is 349. The van der Waals surface area contributed by atoms with Crippen molar-refractivity contribution in [3.05, 3.63) is 17.5 Å². The standard InChI is InChI=1S/C9H10N2O2/c1-13-9-10-5-6-7(11-9)3-2-4-8(6)12/h5H,2-4H2,1H3. The third-order valence-corrected chi connectivity index (χ3v) is 2.15. The molecule has 0 bridgehead atoms. The van der Waals surface area contributed by atoms with Gasteiger partial charge in [-0.05, 0) is 12.8 Å². The molecule has 1 aliphatic carbocycles. The van der Waals surface area contributed by atoms with E-state index in [4.69, 9.17) is 4.74 Å². The largest absolute Gasteiger partial charge is 0.467 e. The van der Waals surface area contributed by atoms with Crippen molar-refractivity contribution in [3.8, 4) is 6.01 Å². The second kappa shape index (κ2) is 3.12. The lowest BCUT2D eigenvalue weighted by atomic mass is 9.96. The first-order valence-electron chi connectivity index (χ1n) is 4.24. The van der Waals surface area contributed by atoms with E-state index in [1.165, 1.54) is 7.11 Å². The van der Waals surface area contributed by atoms with Gasteiger partial charge in [0.1, 0.15) is 0 Å². The molecular formula is C9H10N2O2. The summed E-state index contributed by atoms with van der Waals surface area (Å²) in [6.45, 7) is 0. The second-order valence-corrected chi connectivity index (χ2v) is 2.99. The Kier molecular flexibility index (Phi) is 1.96. The smallest absolute Gasteiger partial charge is 0.316 e. The van der Waals surface area contributed by atoms with E-state index >= 15 is 0 Å². The minimum atomic E-state index is 0.143. The SMILES string of the molecule is COc1ncc2c(n1)CCCC2=O. The van der Waals surface area contributed by atoms with Gasteiger partial charge >= 0.3 is 6.01 Å².